The SMILES string of the molecule is Cc1cn2c3c(nc2s1)CNC(=O)CC3CCC(F)(F)F. The third-order valence-electron chi connectivity index (χ3n) is 3.60. The minimum atomic E-state index is -4.21. The number of alkyl halides is 3. The Morgan fingerprint density at radius 1 is 1.52 bits per heavy atom. The van der Waals surface area contributed by atoms with Crippen LogP contribution in [0.25, 0.3) is 4.96 Å². The molecule has 1 atom stereocenters. The van der Waals surface area contributed by atoms with E-state index in [2.05, 4.69) is 10.3 Å². The molecule has 0 spiro atoms. The number of halogens is 3. The largest absolute Gasteiger partial charge is 0.389 e. The molecule has 1 unspecified atom stereocenters. The molecule has 0 aliphatic carbocycles. The zero-order valence-corrected chi connectivity index (χ0v) is 12.1. The Kier molecular flexibility index (Phi) is 3.43. The summed E-state index contributed by atoms with van der Waals surface area (Å²) in [4.78, 5) is 18.0. The first-order valence-electron chi connectivity index (χ1n) is 6.64. The predicted octanol–water partition coefficient (Wildman–Crippen LogP) is 3.15. The third-order valence-corrected chi connectivity index (χ3v) is 4.50. The standard InChI is InChI=1S/C13H14F3N3OS/c1-7-6-19-11-8(2-3-13(14,15)16)4-10(20)17-5-9(11)18-12(19)21-7/h6,8H,2-5H2,1H3,(H,17,20). The molecule has 0 bridgehead atoms. The van der Waals surface area contributed by atoms with Crippen LogP contribution in [0.3, 0.4) is 0 Å². The Morgan fingerprint density at radius 2 is 2.29 bits per heavy atom. The van der Waals surface area contributed by atoms with Crippen molar-refractivity contribution in [2.75, 3.05) is 0 Å². The molecule has 8 heteroatoms. The maximum Gasteiger partial charge on any atom is 0.389 e. The number of carbonyl (C=O) groups is 1. The molecule has 3 heterocycles. The molecule has 0 radical (unpaired) electrons. The molecule has 2 aromatic rings. The van der Waals surface area contributed by atoms with Gasteiger partial charge in [0.2, 0.25) is 5.91 Å². The van der Waals surface area contributed by atoms with Gasteiger partial charge in [0.05, 0.1) is 17.9 Å². The summed E-state index contributed by atoms with van der Waals surface area (Å²) in [6.07, 6.45) is -3.24. The van der Waals surface area contributed by atoms with Crippen LogP contribution in [-0.4, -0.2) is 21.5 Å². The lowest BCUT2D eigenvalue weighted by atomic mass is 9.94. The molecule has 4 nitrogen and oxygen atoms in total. The van der Waals surface area contributed by atoms with E-state index < -0.39 is 18.5 Å². The summed E-state index contributed by atoms with van der Waals surface area (Å²) in [5.41, 5.74) is 1.43. The van der Waals surface area contributed by atoms with Crippen molar-refractivity contribution in [3.05, 3.63) is 22.5 Å². The second-order valence-electron chi connectivity index (χ2n) is 5.27. The van der Waals surface area contributed by atoms with Crippen LogP contribution in [0.15, 0.2) is 6.20 Å². The molecular formula is C13H14F3N3OS. The highest BCUT2D eigenvalue weighted by Crippen LogP contribution is 2.35. The molecular weight excluding hydrogens is 303 g/mol. The predicted molar refractivity (Wildman–Crippen MR) is 72.3 cm³/mol. The van der Waals surface area contributed by atoms with Crippen LogP contribution in [0.1, 0.15) is 41.4 Å². The van der Waals surface area contributed by atoms with Crippen LogP contribution in [0.5, 0.6) is 0 Å². The molecule has 114 valence electrons. The van der Waals surface area contributed by atoms with Gasteiger partial charge in [0.1, 0.15) is 0 Å². The number of rotatable bonds is 2. The highest BCUT2D eigenvalue weighted by atomic mass is 32.1. The molecule has 1 aliphatic heterocycles. The summed E-state index contributed by atoms with van der Waals surface area (Å²) >= 11 is 1.50. The summed E-state index contributed by atoms with van der Waals surface area (Å²) in [6, 6.07) is 0. The normalized spacial score (nSPS) is 19.4. The Bertz CT molecular complexity index is 689. The summed E-state index contributed by atoms with van der Waals surface area (Å²) in [6.45, 7) is 2.21. The number of nitrogens with one attached hydrogen (secondary N) is 1. The van der Waals surface area contributed by atoms with Gasteiger partial charge in [-0.15, -0.1) is 11.3 Å². The number of aromatic nitrogens is 2. The topological polar surface area (TPSA) is 46.4 Å². The van der Waals surface area contributed by atoms with Gasteiger partial charge in [-0.1, -0.05) is 0 Å². The average molecular weight is 317 g/mol. The number of amides is 1. The van der Waals surface area contributed by atoms with Crippen LogP contribution >= 0.6 is 11.3 Å². The maximum atomic E-state index is 12.5. The minimum Gasteiger partial charge on any atom is -0.350 e. The van der Waals surface area contributed by atoms with E-state index in [0.717, 1.165) is 15.5 Å². The van der Waals surface area contributed by atoms with Gasteiger partial charge in [-0.05, 0) is 13.3 Å². The van der Waals surface area contributed by atoms with E-state index in [0.29, 0.717) is 5.69 Å². The average Bonchev–Trinajstić information content (AvgIpc) is 2.81. The van der Waals surface area contributed by atoms with Crippen molar-refractivity contribution >= 4 is 22.2 Å². The quantitative estimate of drug-likeness (QED) is 0.925. The first kappa shape index (κ1) is 14.4. The van der Waals surface area contributed by atoms with E-state index in [1.165, 1.54) is 11.3 Å². The van der Waals surface area contributed by atoms with Crippen LogP contribution in [0, 0.1) is 6.92 Å². The number of aryl methyl sites for hydroxylation is 1. The highest BCUT2D eigenvalue weighted by molar-refractivity contribution is 7.17. The fourth-order valence-corrected chi connectivity index (χ4v) is 3.58. The van der Waals surface area contributed by atoms with Crippen molar-refractivity contribution in [2.24, 2.45) is 0 Å². The fourth-order valence-electron chi connectivity index (χ4n) is 2.73. The maximum absolute atomic E-state index is 12.5. The Morgan fingerprint density at radius 3 is 3.00 bits per heavy atom. The van der Waals surface area contributed by atoms with Crippen LogP contribution in [-0.2, 0) is 11.3 Å². The molecule has 0 fully saturated rings. The van der Waals surface area contributed by atoms with Gasteiger partial charge < -0.3 is 5.32 Å². The Hall–Kier alpha value is -1.57. The zero-order valence-electron chi connectivity index (χ0n) is 11.3. The lowest BCUT2D eigenvalue weighted by Crippen LogP contribution is -2.21. The van der Waals surface area contributed by atoms with Crippen molar-refractivity contribution in [3.8, 4) is 0 Å². The molecule has 1 amide bonds. The number of fused-ring (bicyclic) bond motifs is 3. The number of thiazole rings is 1. The number of carbonyl (C=O) groups excluding carboxylic acids is 1. The van der Waals surface area contributed by atoms with Crippen LogP contribution in [0.4, 0.5) is 13.2 Å². The molecule has 1 aliphatic rings. The lowest BCUT2D eigenvalue weighted by molar-refractivity contribution is -0.137. The second kappa shape index (κ2) is 5.01. The van der Waals surface area contributed by atoms with Crippen LogP contribution < -0.4 is 5.32 Å². The first-order chi connectivity index (χ1) is 9.83. The summed E-state index contributed by atoms with van der Waals surface area (Å²) in [7, 11) is 0. The van der Waals surface area contributed by atoms with Gasteiger partial charge in [0, 0.05) is 29.8 Å². The van der Waals surface area contributed by atoms with Crippen molar-refractivity contribution in [2.45, 2.75) is 44.8 Å². The van der Waals surface area contributed by atoms with Crippen LogP contribution in [0.2, 0.25) is 0 Å². The third kappa shape index (κ3) is 2.90. The zero-order chi connectivity index (χ0) is 15.2. The van der Waals surface area contributed by atoms with Gasteiger partial charge in [-0.2, -0.15) is 13.2 Å². The summed E-state index contributed by atoms with van der Waals surface area (Å²) in [5.74, 6) is -0.672. The van der Waals surface area contributed by atoms with E-state index in [4.69, 9.17) is 0 Å². The minimum absolute atomic E-state index is 0.0752. The van der Waals surface area contributed by atoms with E-state index in [9.17, 15) is 18.0 Å². The van der Waals surface area contributed by atoms with Crippen molar-refractivity contribution in [1.82, 2.24) is 14.7 Å². The van der Waals surface area contributed by atoms with E-state index in [1.54, 1.807) is 0 Å². The van der Waals surface area contributed by atoms with Crippen molar-refractivity contribution < 1.29 is 18.0 Å². The number of nitrogens with zero attached hydrogens (tertiary/aromatic N) is 2. The molecule has 0 saturated carbocycles. The fraction of sp³-hybridized carbons (Fsp3) is 0.538. The Balaban J connectivity index is 2.00. The smallest absolute Gasteiger partial charge is 0.350 e. The van der Waals surface area contributed by atoms with E-state index >= 15 is 0 Å². The van der Waals surface area contributed by atoms with E-state index in [-0.39, 0.29) is 25.3 Å². The second-order valence-corrected chi connectivity index (χ2v) is 6.48. The highest BCUT2D eigenvalue weighted by Gasteiger charge is 2.33. The molecule has 2 aromatic heterocycles. The van der Waals surface area contributed by atoms with Gasteiger partial charge in [0.25, 0.3) is 0 Å². The van der Waals surface area contributed by atoms with E-state index in [1.807, 2.05) is 17.5 Å². The lowest BCUT2D eigenvalue weighted by Gasteiger charge is -2.15. The number of imidazole rings is 1. The molecule has 21 heavy (non-hydrogen) atoms. The van der Waals surface area contributed by atoms with Gasteiger partial charge >= 0.3 is 6.18 Å². The first-order valence-corrected chi connectivity index (χ1v) is 7.46. The number of hydrogen-bond acceptors (Lipinski definition) is 3. The molecule has 0 aromatic carbocycles. The van der Waals surface area contributed by atoms with Gasteiger partial charge in [-0.3, -0.25) is 9.20 Å². The van der Waals surface area contributed by atoms with Gasteiger partial charge in [-0.25, -0.2) is 4.98 Å². The molecule has 1 N–H and O–H groups in total. The monoisotopic (exact) mass is 317 g/mol. The molecule has 3 rings (SSSR count). The Labute approximate surface area is 123 Å². The van der Waals surface area contributed by atoms with Crippen molar-refractivity contribution in [3.63, 3.8) is 0 Å². The van der Waals surface area contributed by atoms with Gasteiger partial charge in [0.15, 0.2) is 4.96 Å². The summed E-state index contributed by atoms with van der Waals surface area (Å²) in [5, 5.41) is 2.70. The number of hydrogen-bond donors (Lipinski definition) is 1. The summed E-state index contributed by atoms with van der Waals surface area (Å²) < 4.78 is 39.4. The molecule has 0 saturated heterocycles. The van der Waals surface area contributed by atoms with Crippen molar-refractivity contribution in [1.29, 1.82) is 0 Å².